The van der Waals surface area contributed by atoms with Crippen LogP contribution in [0.25, 0.3) is 16.5 Å². The summed E-state index contributed by atoms with van der Waals surface area (Å²) in [5.41, 5.74) is 2.53. The summed E-state index contributed by atoms with van der Waals surface area (Å²) < 4.78 is 0. The number of Topliss-reactive ketones (excluding diaryl/α,β-unsaturated/α-hetero) is 1. The molecule has 0 bridgehead atoms. The molecule has 0 aromatic heterocycles. The maximum Gasteiger partial charge on any atom is 0.300 e. The van der Waals surface area contributed by atoms with Crippen LogP contribution < -0.4 is 4.90 Å². The van der Waals surface area contributed by atoms with Crippen LogP contribution in [0, 0.1) is 6.92 Å². The summed E-state index contributed by atoms with van der Waals surface area (Å²) >= 11 is 0. The molecule has 5 heteroatoms. The highest BCUT2D eigenvalue weighted by Crippen LogP contribution is 2.43. The van der Waals surface area contributed by atoms with E-state index >= 15 is 0 Å². The van der Waals surface area contributed by atoms with Crippen molar-refractivity contribution in [3.05, 3.63) is 113 Å². The van der Waals surface area contributed by atoms with E-state index in [-0.39, 0.29) is 17.1 Å². The SMILES string of the molecule is Cc1ccc(N2C(=O)C(=O)/C(=C(\O)c3cccc4ccccc34)C2c2cccc(O)c2)cc1. The highest BCUT2D eigenvalue weighted by atomic mass is 16.3. The third-order valence-corrected chi connectivity index (χ3v) is 5.99. The van der Waals surface area contributed by atoms with Gasteiger partial charge in [0.2, 0.25) is 0 Å². The first-order valence-electron chi connectivity index (χ1n) is 10.6. The summed E-state index contributed by atoms with van der Waals surface area (Å²) in [6.45, 7) is 1.94. The number of amides is 1. The van der Waals surface area contributed by atoms with Gasteiger partial charge in [-0.2, -0.15) is 0 Å². The molecule has 5 rings (SSSR count). The number of aromatic hydroxyl groups is 1. The number of hydrogen-bond donors (Lipinski definition) is 2. The molecule has 1 aliphatic heterocycles. The average Bonchev–Trinajstić information content (AvgIpc) is 3.09. The van der Waals surface area contributed by atoms with Crippen LogP contribution in [0.3, 0.4) is 0 Å². The molecule has 0 radical (unpaired) electrons. The Morgan fingerprint density at radius 3 is 2.30 bits per heavy atom. The Morgan fingerprint density at radius 1 is 0.848 bits per heavy atom. The number of hydrogen-bond acceptors (Lipinski definition) is 4. The molecule has 1 unspecified atom stereocenters. The second kappa shape index (κ2) is 7.95. The second-order valence-corrected chi connectivity index (χ2v) is 8.13. The second-order valence-electron chi connectivity index (χ2n) is 8.13. The topological polar surface area (TPSA) is 77.8 Å². The zero-order valence-corrected chi connectivity index (χ0v) is 17.9. The Morgan fingerprint density at radius 2 is 1.55 bits per heavy atom. The number of fused-ring (bicyclic) bond motifs is 1. The van der Waals surface area contributed by atoms with Crippen molar-refractivity contribution < 1.29 is 19.8 Å². The van der Waals surface area contributed by atoms with Crippen LogP contribution in [0.15, 0.2) is 96.6 Å². The quantitative estimate of drug-likeness (QED) is 0.254. The number of anilines is 1. The van der Waals surface area contributed by atoms with Crippen LogP contribution in [0.1, 0.15) is 22.7 Å². The molecule has 1 amide bonds. The van der Waals surface area contributed by atoms with Crippen LogP contribution >= 0.6 is 0 Å². The van der Waals surface area contributed by atoms with Gasteiger partial charge in [-0.1, -0.05) is 72.3 Å². The molecule has 0 spiro atoms. The van der Waals surface area contributed by atoms with Gasteiger partial charge in [0.05, 0.1) is 11.6 Å². The smallest absolute Gasteiger partial charge is 0.300 e. The van der Waals surface area contributed by atoms with E-state index in [0.717, 1.165) is 16.3 Å². The standard InChI is InChI=1S/C28H21NO4/c1-17-12-14-20(15-13-17)29-25(19-8-4-9-21(30)16-19)24(27(32)28(29)33)26(31)23-11-5-7-18-6-2-3-10-22(18)23/h2-16,25,30-31H,1H3/b26-24-. The molecule has 1 aliphatic rings. The number of carbonyl (C=O) groups is 2. The highest BCUT2D eigenvalue weighted by molar-refractivity contribution is 6.51. The van der Waals surface area contributed by atoms with Crippen LogP contribution in [-0.2, 0) is 9.59 Å². The van der Waals surface area contributed by atoms with Crippen molar-refractivity contribution in [3.63, 3.8) is 0 Å². The van der Waals surface area contributed by atoms with Gasteiger partial charge in [-0.25, -0.2) is 0 Å². The predicted molar refractivity (Wildman–Crippen MR) is 128 cm³/mol. The van der Waals surface area contributed by atoms with Crippen molar-refractivity contribution in [1.82, 2.24) is 0 Å². The van der Waals surface area contributed by atoms with Gasteiger partial charge in [0.1, 0.15) is 11.5 Å². The first-order valence-corrected chi connectivity index (χ1v) is 10.6. The molecular formula is C28H21NO4. The van der Waals surface area contributed by atoms with Crippen molar-refractivity contribution in [2.24, 2.45) is 0 Å². The van der Waals surface area contributed by atoms with Gasteiger partial charge >= 0.3 is 0 Å². The number of carbonyl (C=O) groups excluding carboxylic acids is 2. The van der Waals surface area contributed by atoms with Crippen LogP contribution in [0.2, 0.25) is 0 Å². The Bertz CT molecular complexity index is 1430. The fourth-order valence-corrected chi connectivity index (χ4v) is 4.39. The van der Waals surface area contributed by atoms with Gasteiger partial charge < -0.3 is 10.2 Å². The molecule has 33 heavy (non-hydrogen) atoms. The number of nitrogens with zero attached hydrogens (tertiary/aromatic N) is 1. The summed E-state index contributed by atoms with van der Waals surface area (Å²) in [6.07, 6.45) is 0. The molecule has 4 aromatic rings. The van der Waals surface area contributed by atoms with Gasteiger partial charge in [0.25, 0.3) is 11.7 Å². The van der Waals surface area contributed by atoms with E-state index in [1.807, 2.05) is 49.4 Å². The van der Waals surface area contributed by atoms with E-state index in [0.29, 0.717) is 16.8 Å². The lowest BCUT2D eigenvalue weighted by Gasteiger charge is -2.25. The van der Waals surface area contributed by atoms with Crippen molar-refractivity contribution in [3.8, 4) is 5.75 Å². The molecule has 1 atom stereocenters. The molecular weight excluding hydrogens is 414 g/mol. The van der Waals surface area contributed by atoms with Gasteiger partial charge in [-0.15, -0.1) is 0 Å². The molecule has 4 aromatic carbocycles. The minimum absolute atomic E-state index is 0.00662. The van der Waals surface area contributed by atoms with Crippen molar-refractivity contribution >= 4 is 33.9 Å². The number of benzene rings is 4. The minimum Gasteiger partial charge on any atom is -0.508 e. The van der Waals surface area contributed by atoms with Crippen LogP contribution in [-0.4, -0.2) is 21.9 Å². The molecule has 5 nitrogen and oxygen atoms in total. The summed E-state index contributed by atoms with van der Waals surface area (Å²) in [6, 6.07) is 25.8. The van der Waals surface area contributed by atoms with E-state index in [4.69, 9.17) is 0 Å². The zero-order chi connectivity index (χ0) is 23.1. The third kappa shape index (κ3) is 3.44. The van der Waals surface area contributed by atoms with Gasteiger partial charge in [-0.05, 0) is 47.5 Å². The van der Waals surface area contributed by atoms with Gasteiger partial charge in [-0.3, -0.25) is 14.5 Å². The van der Waals surface area contributed by atoms with Crippen molar-refractivity contribution in [1.29, 1.82) is 0 Å². The number of aliphatic hydroxyl groups excluding tert-OH is 1. The number of rotatable bonds is 3. The lowest BCUT2D eigenvalue weighted by atomic mass is 9.93. The predicted octanol–water partition coefficient (Wildman–Crippen LogP) is 5.48. The molecule has 1 heterocycles. The Balaban J connectivity index is 1.78. The monoisotopic (exact) mass is 435 g/mol. The molecule has 0 aliphatic carbocycles. The van der Waals surface area contributed by atoms with E-state index in [1.165, 1.54) is 17.0 Å². The number of phenolic OH excluding ortho intramolecular Hbond substituents is 1. The number of aryl methyl sites for hydroxylation is 1. The number of aliphatic hydroxyl groups is 1. The Labute approximate surface area is 190 Å². The normalized spacial score (nSPS) is 17.6. The molecule has 2 N–H and O–H groups in total. The summed E-state index contributed by atoms with van der Waals surface area (Å²) in [7, 11) is 0. The Kier molecular flexibility index (Phi) is 4.94. The molecule has 162 valence electrons. The lowest BCUT2D eigenvalue weighted by molar-refractivity contribution is -0.132. The zero-order valence-electron chi connectivity index (χ0n) is 17.9. The van der Waals surface area contributed by atoms with E-state index in [9.17, 15) is 19.8 Å². The summed E-state index contributed by atoms with van der Waals surface area (Å²) in [4.78, 5) is 27.9. The lowest BCUT2D eigenvalue weighted by Crippen LogP contribution is -2.29. The van der Waals surface area contributed by atoms with Gasteiger partial charge in [0, 0.05) is 11.3 Å². The van der Waals surface area contributed by atoms with E-state index in [2.05, 4.69) is 0 Å². The van der Waals surface area contributed by atoms with E-state index in [1.54, 1.807) is 36.4 Å². The molecule has 1 saturated heterocycles. The third-order valence-electron chi connectivity index (χ3n) is 5.99. The van der Waals surface area contributed by atoms with Crippen LogP contribution in [0.4, 0.5) is 5.69 Å². The van der Waals surface area contributed by atoms with Crippen molar-refractivity contribution in [2.75, 3.05) is 4.90 Å². The first-order chi connectivity index (χ1) is 16.0. The van der Waals surface area contributed by atoms with Gasteiger partial charge in [0.15, 0.2) is 0 Å². The molecule has 0 saturated carbocycles. The average molecular weight is 435 g/mol. The number of phenols is 1. The largest absolute Gasteiger partial charge is 0.508 e. The summed E-state index contributed by atoms with van der Waals surface area (Å²) in [5.74, 6) is -1.73. The minimum atomic E-state index is -0.890. The molecule has 1 fully saturated rings. The Hall–Kier alpha value is -4.38. The fraction of sp³-hybridized carbons (Fsp3) is 0.0714. The van der Waals surface area contributed by atoms with E-state index < -0.39 is 17.7 Å². The maximum atomic E-state index is 13.3. The first kappa shape index (κ1) is 20.5. The summed E-state index contributed by atoms with van der Waals surface area (Å²) in [5, 5.41) is 23.2. The highest BCUT2D eigenvalue weighted by Gasteiger charge is 2.47. The fourth-order valence-electron chi connectivity index (χ4n) is 4.39. The van der Waals surface area contributed by atoms with Crippen molar-refractivity contribution in [2.45, 2.75) is 13.0 Å². The number of ketones is 1. The maximum absolute atomic E-state index is 13.3. The van der Waals surface area contributed by atoms with Crippen LogP contribution in [0.5, 0.6) is 5.75 Å².